The van der Waals surface area contributed by atoms with Crippen molar-refractivity contribution < 1.29 is 0 Å². The molecule has 1 heterocycles. The van der Waals surface area contributed by atoms with Gasteiger partial charge in [-0.25, -0.2) is 4.98 Å². The van der Waals surface area contributed by atoms with Gasteiger partial charge in [-0.1, -0.05) is 41.9 Å². The van der Waals surface area contributed by atoms with Crippen LogP contribution in [0, 0.1) is 6.92 Å². The molecule has 3 nitrogen and oxygen atoms in total. The van der Waals surface area contributed by atoms with Gasteiger partial charge in [0.05, 0.1) is 11.1 Å². The molecule has 0 aliphatic carbocycles. The summed E-state index contributed by atoms with van der Waals surface area (Å²) >= 11 is 11.2. The number of hydrogen-bond acceptors (Lipinski definition) is 2. The van der Waals surface area contributed by atoms with Crippen LogP contribution in [0.2, 0.25) is 5.02 Å². The average Bonchev–Trinajstić information content (AvgIpc) is 2.44. The van der Waals surface area contributed by atoms with Crippen molar-refractivity contribution in [3.8, 4) is 0 Å². The third-order valence-corrected chi connectivity index (χ3v) is 3.55. The number of rotatable bonds is 3. The lowest BCUT2D eigenvalue weighted by Crippen LogP contribution is -2.31. The maximum Gasteiger partial charge on any atom is 0.172 e. The van der Waals surface area contributed by atoms with Crippen LogP contribution in [0.3, 0.4) is 0 Å². The number of pyridine rings is 1. The summed E-state index contributed by atoms with van der Waals surface area (Å²) in [6.45, 7) is 3.99. The number of thiocarbonyl (C=S) groups is 1. The van der Waals surface area contributed by atoms with Gasteiger partial charge in [0.25, 0.3) is 0 Å². The number of halogens is 1. The molecule has 2 rings (SSSR count). The quantitative estimate of drug-likeness (QED) is 0.838. The topological polar surface area (TPSA) is 37.0 Å². The summed E-state index contributed by atoms with van der Waals surface area (Å²) in [5.41, 5.74) is 2.14. The van der Waals surface area contributed by atoms with Gasteiger partial charge in [0.1, 0.15) is 5.82 Å². The maximum atomic E-state index is 5.94. The molecular formula is C15H16ClN3S. The number of aromatic nitrogens is 1. The first-order valence-corrected chi connectivity index (χ1v) is 7.09. The predicted octanol–water partition coefficient (Wildman–Crippen LogP) is 4.09. The lowest BCUT2D eigenvalue weighted by molar-refractivity contribution is 0.722. The molecule has 0 saturated carbocycles. The summed E-state index contributed by atoms with van der Waals surface area (Å²) in [7, 11) is 0. The highest BCUT2D eigenvalue weighted by atomic mass is 35.5. The molecule has 0 saturated heterocycles. The third-order valence-electron chi connectivity index (χ3n) is 2.94. The molecule has 2 aromatic rings. The first kappa shape index (κ1) is 14.8. The number of anilines is 1. The Morgan fingerprint density at radius 1 is 1.30 bits per heavy atom. The van der Waals surface area contributed by atoms with Gasteiger partial charge in [-0.05, 0) is 43.3 Å². The molecule has 1 atom stereocenters. The highest BCUT2D eigenvalue weighted by Gasteiger charge is 2.07. The van der Waals surface area contributed by atoms with Crippen molar-refractivity contribution in [2.75, 3.05) is 5.32 Å². The van der Waals surface area contributed by atoms with Gasteiger partial charge in [0, 0.05) is 6.20 Å². The largest absolute Gasteiger partial charge is 0.356 e. The van der Waals surface area contributed by atoms with Crippen molar-refractivity contribution in [1.82, 2.24) is 10.3 Å². The Morgan fingerprint density at radius 2 is 2.00 bits per heavy atom. The number of aryl methyl sites for hydroxylation is 1. The Morgan fingerprint density at radius 3 is 2.65 bits per heavy atom. The molecule has 1 aromatic heterocycles. The normalized spacial score (nSPS) is 11.8. The minimum Gasteiger partial charge on any atom is -0.356 e. The summed E-state index contributed by atoms with van der Waals surface area (Å²) in [4.78, 5) is 4.19. The molecule has 20 heavy (non-hydrogen) atoms. The molecule has 0 spiro atoms. The first-order valence-electron chi connectivity index (χ1n) is 6.31. The average molecular weight is 306 g/mol. The zero-order chi connectivity index (χ0) is 14.5. The van der Waals surface area contributed by atoms with Gasteiger partial charge in [-0.2, -0.15) is 0 Å². The van der Waals surface area contributed by atoms with Gasteiger partial charge in [-0.3, -0.25) is 0 Å². The molecule has 0 aliphatic rings. The minimum absolute atomic E-state index is 0.129. The molecule has 0 amide bonds. The molecule has 0 aliphatic heterocycles. The van der Waals surface area contributed by atoms with E-state index in [9.17, 15) is 0 Å². The van der Waals surface area contributed by atoms with Crippen molar-refractivity contribution in [1.29, 1.82) is 0 Å². The Kier molecular flexibility index (Phi) is 4.93. The summed E-state index contributed by atoms with van der Waals surface area (Å²) < 4.78 is 0. The predicted molar refractivity (Wildman–Crippen MR) is 88.2 cm³/mol. The van der Waals surface area contributed by atoms with Gasteiger partial charge < -0.3 is 10.6 Å². The molecule has 0 unspecified atom stereocenters. The molecule has 0 bridgehead atoms. The summed E-state index contributed by atoms with van der Waals surface area (Å²) in [5.74, 6) is 0.685. The first-order chi connectivity index (χ1) is 9.56. The van der Waals surface area contributed by atoms with E-state index in [1.165, 1.54) is 5.56 Å². The second-order valence-corrected chi connectivity index (χ2v) is 5.37. The van der Waals surface area contributed by atoms with E-state index in [4.69, 9.17) is 23.8 Å². The molecule has 104 valence electrons. The van der Waals surface area contributed by atoms with Crippen LogP contribution in [0.4, 0.5) is 5.82 Å². The fourth-order valence-electron chi connectivity index (χ4n) is 1.78. The van der Waals surface area contributed by atoms with Crippen LogP contribution < -0.4 is 10.6 Å². The lowest BCUT2D eigenvalue weighted by Gasteiger charge is -2.17. The minimum atomic E-state index is 0.129. The smallest absolute Gasteiger partial charge is 0.172 e. The van der Waals surface area contributed by atoms with Crippen LogP contribution in [0.1, 0.15) is 24.1 Å². The number of nitrogens with one attached hydrogen (secondary N) is 2. The highest BCUT2D eigenvalue weighted by molar-refractivity contribution is 7.80. The Hall–Kier alpha value is -1.65. The maximum absolute atomic E-state index is 5.94. The van der Waals surface area contributed by atoms with Crippen LogP contribution >= 0.6 is 23.8 Å². The summed E-state index contributed by atoms with van der Waals surface area (Å²) in [6, 6.07) is 12.1. The zero-order valence-corrected chi connectivity index (χ0v) is 12.9. The standard InChI is InChI=1S/C15H16ClN3S/c1-10-8-14(17-9-13(10)16)19-15(20)18-11(2)12-6-4-3-5-7-12/h3-9,11H,1-2H3,(H2,17,18,19,20)/t11-/m0/s1. The number of hydrogen-bond donors (Lipinski definition) is 2. The van der Waals surface area contributed by atoms with Crippen molar-refractivity contribution >= 4 is 34.7 Å². The fourth-order valence-corrected chi connectivity index (χ4v) is 2.17. The van der Waals surface area contributed by atoms with Crippen molar-refractivity contribution in [2.24, 2.45) is 0 Å². The van der Waals surface area contributed by atoms with E-state index >= 15 is 0 Å². The van der Waals surface area contributed by atoms with Crippen LogP contribution in [0.15, 0.2) is 42.6 Å². The van der Waals surface area contributed by atoms with E-state index in [0.717, 1.165) is 5.56 Å². The molecular weight excluding hydrogens is 290 g/mol. The van der Waals surface area contributed by atoms with Crippen molar-refractivity contribution in [3.63, 3.8) is 0 Å². The zero-order valence-electron chi connectivity index (χ0n) is 11.4. The van der Waals surface area contributed by atoms with Crippen LogP contribution in [-0.4, -0.2) is 10.1 Å². The van der Waals surface area contributed by atoms with Crippen molar-refractivity contribution in [2.45, 2.75) is 19.9 Å². The molecule has 0 fully saturated rings. The van der Waals surface area contributed by atoms with Gasteiger partial charge in [0.2, 0.25) is 0 Å². The van der Waals surface area contributed by atoms with Gasteiger partial charge in [0.15, 0.2) is 5.11 Å². The Bertz CT molecular complexity index is 601. The van der Waals surface area contributed by atoms with E-state index in [2.05, 4.69) is 34.7 Å². The molecule has 5 heteroatoms. The molecule has 2 N–H and O–H groups in total. The second kappa shape index (κ2) is 6.68. The third kappa shape index (κ3) is 3.92. The van der Waals surface area contributed by atoms with E-state index in [0.29, 0.717) is 16.0 Å². The lowest BCUT2D eigenvalue weighted by atomic mass is 10.1. The van der Waals surface area contributed by atoms with Crippen LogP contribution in [-0.2, 0) is 0 Å². The Balaban J connectivity index is 1.97. The Labute approximate surface area is 129 Å². The number of benzene rings is 1. The monoisotopic (exact) mass is 305 g/mol. The van der Waals surface area contributed by atoms with E-state index < -0.39 is 0 Å². The fraction of sp³-hybridized carbons (Fsp3) is 0.200. The van der Waals surface area contributed by atoms with Gasteiger partial charge in [-0.15, -0.1) is 0 Å². The summed E-state index contributed by atoms with van der Waals surface area (Å²) in [6.07, 6.45) is 1.61. The van der Waals surface area contributed by atoms with E-state index in [-0.39, 0.29) is 6.04 Å². The highest BCUT2D eigenvalue weighted by Crippen LogP contribution is 2.17. The molecule has 0 radical (unpaired) electrons. The van der Waals surface area contributed by atoms with E-state index in [1.807, 2.05) is 31.2 Å². The van der Waals surface area contributed by atoms with Crippen LogP contribution in [0.5, 0.6) is 0 Å². The van der Waals surface area contributed by atoms with E-state index in [1.54, 1.807) is 6.20 Å². The van der Waals surface area contributed by atoms with Crippen molar-refractivity contribution in [3.05, 3.63) is 58.7 Å². The van der Waals surface area contributed by atoms with Crippen LogP contribution in [0.25, 0.3) is 0 Å². The molecule has 1 aromatic carbocycles. The number of nitrogens with zero attached hydrogens (tertiary/aromatic N) is 1. The second-order valence-electron chi connectivity index (χ2n) is 4.55. The summed E-state index contributed by atoms with van der Waals surface area (Å²) in [5, 5.41) is 7.47. The SMILES string of the molecule is Cc1cc(NC(=S)N[C@@H](C)c2ccccc2)ncc1Cl. The van der Waals surface area contributed by atoms with Gasteiger partial charge >= 0.3 is 0 Å².